The molecule has 0 amide bonds. The number of carbonyl (C=O) groups is 1. The van der Waals surface area contributed by atoms with Gasteiger partial charge in [-0.25, -0.2) is 0 Å². The number of nitro groups is 1. The first kappa shape index (κ1) is 19.7. The highest BCUT2D eigenvalue weighted by atomic mass is 32.1. The van der Waals surface area contributed by atoms with Gasteiger partial charge in [0, 0.05) is 17.2 Å². The number of hydrogen-bond donors (Lipinski definition) is 2. The monoisotopic (exact) mass is 396 g/mol. The summed E-state index contributed by atoms with van der Waals surface area (Å²) in [5, 5.41) is 16.8. The Hall–Kier alpha value is -3.03. The zero-order valence-electron chi connectivity index (χ0n) is 15.7. The number of rotatable bonds is 8. The highest BCUT2D eigenvalue weighted by Gasteiger charge is 2.22. The minimum atomic E-state index is -0.452. The topological polar surface area (TPSA) is 76.7 Å². The van der Waals surface area contributed by atoms with E-state index in [1.807, 2.05) is 17.5 Å². The standard InChI is InChI=1S/C21H21N3O3S/c1-23(2)19(20-9-6-12-28-20)14-22-17-11-10-16(13-18(17)24(26)27)21(25)15-7-4-3-5-8-15/h3-13,19,22H,14H2,1-2H3/p+1/t19-/m1/s1. The van der Waals surface area contributed by atoms with Crippen molar-refractivity contribution in [2.45, 2.75) is 6.04 Å². The first-order chi connectivity index (χ1) is 13.5. The van der Waals surface area contributed by atoms with Crippen LogP contribution in [0.15, 0.2) is 66.0 Å². The van der Waals surface area contributed by atoms with Crippen LogP contribution in [-0.4, -0.2) is 31.3 Å². The molecule has 6 nitrogen and oxygen atoms in total. The van der Waals surface area contributed by atoms with Crippen LogP contribution >= 0.6 is 11.3 Å². The molecule has 1 heterocycles. The van der Waals surface area contributed by atoms with Crippen LogP contribution in [0.4, 0.5) is 11.4 Å². The van der Waals surface area contributed by atoms with Crippen LogP contribution in [-0.2, 0) is 0 Å². The summed E-state index contributed by atoms with van der Waals surface area (Å²) in [5.74, 6) is -0.232. The Labute approximate surface area is 167 Å². The molecule has 2 aromatic carbocycles. The zero-order valence-corrected chi connectivity index (χ0v) is 16.5. The number of anilines is 1. The lowest BCUT2D eigenvalue weighted by Crippen LogP contribution is -3.06. The van der Waals surface area contributed by atoms with Gasteiger partial charge in [0.1, 0.15) is 11.7 Å². The van der Waals surface area contributed by atoms with E-state index in [9.17, 15) is 14.9 Å². The van der Waals surface area contributed by atoms with Gasteiger partial charge in [-0.3, -0.25) is 14.9 Å². The van der Waals surface area contributed by atoms with Gasteiger partial charge in [-0.1, -0.05) is 36.4 Å². The number of nitrogens with zero attached hydrogens (tertiary/aromatic N) is 1. The van der Waals surface area contributed by atoms with Gasteiger partial charge in [0.25, 0.3) is 5.69 Å². The molecule has 0 fully saturated rings. The molecular formula is C21H22N3O3S+. The Kier molecular flexibility index (Phi) is 6.18. The second-order valence-corrected chi connectivity index (χ2v) is 7.69. The number of benzene rings is 2. The molecule has 1 aromatic heterocycles. The van der Waals surface area contributed by atoms with Crippen molar-refractivity contribution in [3.63, 3.8) is 0 Å². The zero-order chi connectivity index (χ0) is 20.1. The molecule has 3 aromatic rings. The SMILES string of the molecule is C[NH+](C)[C@H](CNc1ccc(C(=O)c2ccccc2)cc1[N+](=O)[O-])c1cccs1. The molecule has 7 heteroatoms. The summed E-state index contributed by atoms with van der Waals surface area (Å²) in [6.07, 6.45) is 0. The molecule has 0 aliphatic rings. The Morgan fingerprint density at radius 2 is 1.86 bits per heavy atom. The van der Waals surface area contributed by atoms with Gasteiger partial charge in [0.15, 0.2) is 5.78 Å². The normalized spacial score (nSPS) is 12.0. The summed E-state index contributed by atoms with van der Waals surface area (Å²) in [6.45, 7) is 0.551. The Balaban J connectivity index is 1.83. The molecule has 0 spiro atoms. The Morgan fingerprint density at radius 3 is 2.46 bits per heavy atom. The smallest absolute Gasteiger partial charge is 0.293 e. The van der Waals surface area contributed by atoms with Crippen LogP contribution in [0.3, 0.4) is 0 Å². The van der Waals surface area contributed by atoms with Crippen LogP contribution in [0.2, 0.25) is 0 Å². The first-order valence-corrected chi connectivity index (χ1v) is 9.81. The molecule has 3 rings (SSSR count). The van der Waals surface area contributed by atoms with Crippen LogP contribution in [0.1, 0.15) is 26.8 Å². The van der Waals surface area contributed by atoms with Gasteiger partial charge in [-0.05, 0) is 23.6 Å². The fraction of sp³-hybridized carbons (Fsp3) is 0.190. The van der Waals surface area contributed by atoms with Gasteiger partial charge in [-0.2, -0.15) is 0 Å². The second kappa shape index (κ2) is 8.77. The number of hydrogen-bond acceptors (Lipinski definition) is 5. The molecule has 0 aliphatic carbocycles. The van der Waals surface area contributed by atoms with Gasteiger partial charge >= 0.3 is 0 Å². The maximum atomic E-state index is 12.6. The van der Waals surface area contributed by atoms with Crippen molar-refractivity contribution < 1.29 is 14.6 Å². The Bertz CT molecular complexity index is 956. The van der Waals surface area contributed by atoms with E-state index in [0.717, 1.165) is 0 Å². The van der Waals surface area contributed by atoms with Crippen LogP contribution in [0.25, 0.3) is 0 Å². The lowest BCUT2D eigenvalue weighted by Gasteiger charge is -2.21. The molecule has 2 N–H and O–H groups in total. The molecule has 0 bridgehead atoms. The van der Waals surface area contributed by atoms with Gasteiger partial charge in [0.05, 0.1) is 30.4 Å². The average Bonchev–Trinajstić information content (AvgIpc) is 3.22. The van der Waals surface area contributed by atoms with Crippen LogP contribution in [0, 0.1) is 10.1 Å². The van der Waals surface area contributed by atoms with Crippen molar-refractivity contribution in [1.82, 2.24) is 0 Å². The highest BCUT2D eigenvalue weighted by molar-refractivity contribution is 7.10. The predicted molar refractivity (Wildman–Crippen MR) is 111 cm³/mol. The highest BCUT2D eigenvalue weighted by Crippen LogP contribution is 2.27. The predicted octanol–water partition coefficient (Wildman–Crippen LogP) is 3.19. The van der Waals surface area contributed by atoms with E-state index in [4.69, 9.17) is 0 Å². The maximum absolute atomic E-state index is 12.6. The lowest BCUT2D eigenvalue weighted by molar-refractivity contribution is -0.889. The summed E-state index contributed by atoms with van der Waals surface area (Å²) in [5.41, 5.74) is 1.13. The Morgan fingerprint density at radius 1 is 1.11 bits per heavy atom. The lowest BCUT2D eigenvalue weighted by atomic mass is 10.0. The number of quaternary nitrogens is 1. The quantitative estimate of drug-likeness (QED) is 0.348. The van der Waals surface area contributed by atoms with E-state index in [0.29, 0.717) is 23.4 Å². The van der Waals surface area contributed by atoms with E-state index in [1.165, 1.54) is 15.8 Å². The number of carbonyl (C=O) groups excluding carboxylic acids is 1. The molecule has 0 aliphatic heterocycles. The van der Waals surface area contributed by atoms with Gasteiger partial charge in [0.2, 0.25) is 0 Å². The minimum Gasteiger partial charge on any atom is -0.373 e. The van der Waals surface area contributed by atoms with E-state index in [-0.39, 0.29) is 17.5 Å². The van der Waals surface area contributed by atoms with Crippen LogP contribution < -0.4 is 10.2 Å². The maximum Gasteiger partial charge on any atom is 0.293 e. The summed E-state index contributed by atoms with van der Waals surface area (Å²) in [4.78, 5) is 26.2. The minimum absolute atomic E-state index is 0.0968. The molecule has 28 heavy (non-hydrogen) atoms. The van der Waals surface area contributed by atoms with E-state index >= 15 is 0 Å². The third-order valence-electron chi connectivity index (χ3n) is 4.57. The van der Waals surface area contributed by atoms with Crippen molar-refractivity contribution in [2.24, 2.45) is 0 Å². The molecule has 0 unspecified atom stereocenters. The molecule has 0 saturated heterocycles. The van der Waals surface area contributed by atoms with Crippen molar-refractivity contribution in [3.05, 3.63) is 92.2 Å². The number of nitro benzene ring substituents is 1. The summed E-state index contributed by atoms with van der Waals surface area (Å²) in [7, 11) is 4.12. The fourth-order valence-corrected chi connectivity index (χ4v) is 3.98. The third kappa shape index (κ3) is 4.44. The van der Waals surface area contributed by atoms with Crippen molar-refractivity contribution >= 4 is 28.5 Å². The van der Waals surface area contributed by atoms with Crippen LogP contribution in [0.5, 0.6) is 0 Å². The number of ketones is 1. The van der Waals surface area contributed by atoms with Crippen molar-refractivity contribution in [2.75, 3.05) is 26.0 Å². The molecule has 0 saturated carbocycles. The molecule has 1 atom stereocenters. The van der Waals surface area contributed by atoms with Gasteiger partial charge < -0.3 is 10.2 Å². The second-order valence-electron chi connectivity index (χ2n) is 6.71. The number of nitrogens with one attached hydrogen (secondary N) is 2. The largest absolute Gasteiger partial charge is 0.373 e. The summed E-state index contributed by atoms with van der Waals surface area (Å²) >= 11 is 1.67. The van der Waals surface area contributed by atoms with E-state index in [2.05, 4.69) is 25.5 Å². The third-order valence-corrected chi connectivity index (χ3v) is 5.56. The van der Waals surface area contributed by atoms with Gasteiger partial charge in [-0.15, -0.1) is 11.3 Å². The summed E-state index contributed by atoms with van der Waals surface area (Å²) in [6, 6.07) is 17.6. The van der Waals surface area contributed by atoms with E-state index in [1.54, 1.807) is 47.7 Å². The summed E-state index contributed by atoms with van der Waals surface area (Å²) < 4.78 is 0. The van der Waals surface area contributed by atoms with Crippen molar-refractivity contribution in [3.8, 4) is 0 Å². The molecular weight excluding hydrogens is 374 g/mol. The molecule has 144 valence electrons. The number of thiophene rings is 1. The number of likely N-dealkylation sites (N-methyl/N-ethyl adjacent to an activating group) is 1. The first-order valence-electron chi connectivity index (χ1n) is 8.93. The fourth-order valence-electron chi connectivity index (χ4n) is 3.02. The van der Waals surface area contributed by atoms with E-state index < -0.39 is 4.92 Å². The molecule has 0 radical (unpaired) electrons. The van der Waals surface area contributed by atoms with Crippen molar-refractivity contribution in [1.29, 1.82) is 0 Å². The average molecular weight is 396 g/mol.